The molecule has 0 radical (unpaired) electrons. The Balaban J connectivity index is 3.43. The van der Waals surface area contributed by atoms with Crippen LogP contribution in [0.25, 0.3) is 0 Å². The lowest BCUT2D eigenvalue weighted by atomic mass is 10.0. The van der Waals surface area contributed by atoms with Crippen LogP contribution in [-0.4, -0.2) is 17.1 Å². The molecule has 4 nitrogen and oxygen atoms in total. The van der Waals surface area contributed by atoms with Gasteiger partial charge in [0.2, 0.25) is 0 Å². The summed E-state index contributed by atoms with van der Waals surface area (Å²) in [5.41, 5.74) is 0.0552. The highest BCUT2D eigenvalue weighted by molar-refractivity contribution is 9.10. The second-order valence-electron chi connectivity index (χ2n) is 4.56. The molecule has 0 aromatic carbocycles. The van der Waals surface area contributed by atoms with Crippen molar-refractivity contribution in [2.75, 3.05) is 7.11 Å². The van der Waals surface area contributed by atoms with Gasteiger partial charge < -0.3 is 9.72 Å². The van der Waals surface area contributed by atoms with Crippen LogP contribution in [0.1, 0.15) is 51.6 Å². The van der Waals surface area contributed by atoms with E-state index in [1.807, 2.05) is 27.7 Å². The Morgan fingerprint density at radius 2 is 2.12 bits per heavy atom. The molecule has 1 N–H and O–H groups in total. The SMILES string of the molecule is CCC(C)(OC)c1nc(C(C)C)c(Br)c(=O)[nH]1. The molecule has 1 atom stereocenters. The Morgan fingerprint density at radius 3 is 2.53 bits per heavy atom. The van der Waals surface area contributed by atoms with E-state index in [-0.39, 0.29) is 11.5 Å². The predicted octanol–water partition coefficient (Wildman–Crippen LogP) is 2.93. The van der Waals surface area contributed by atoms with Gasteiger partial charge in [-0.2, -0.15) is 0 Å². The minimum atomic E-state index is -0.552. The fourth-order valence-electron chi connectivity index (χ4n) is 1.52. The van der Waals surface area contributed by atoms with Crippen LogP contribution in [0, 0.1) is 0 Å². The van der Waals surface area contributed by atoms with E-state index in [1.165, 1.54) is 0 Å². The first kappa shape index (κ1) is 14.4. The number of nitrogens with one attached hydrogen (secondary N) is 1. The monoisotopic (exact) mass is 302 g/mol. The molecule has 96 valence electrons. The third-order valence-electron chi connectivity index (χ3n) is 3.06. The van der Waals surface area contributed by atoms with Crippen LogP contribution < -0.4 is 5.56 Å². The van der Waals surface area contributed by atoms with E-state index in [1.54, 1.807) is 7.11 Å². The molecule has 1 rings (SSSR count). The number of methoxy groups -OCH3 is 1. The van der Waals surface area contributed by atoms with Gasteiger partial charge >= 0.3 is 0 Å². The summed E-state index contributed by atoms with van der Waals surface area (Å²) >= 11 is 3.28. The predicted molar refractivity (Wildman–Crippen MR) is 71.3 cm³/mol. The molecule has 0 fully saturated rings. The molecule has 1 aromatic heterocycles. The van der Waals surface area contributed by atoms with Gasteiger partial charge in [-0.15, -0.1) is 0 Å². The number of halogens is 1. The average Bonchev–Trinajstić information content (AvgIpc) is 2.30. The molecule has 0 saturated heterocycles. The number of ether oxygens (including phenoxy) is 1. The second-order valence-corrected chi connectivity index (χ2v) is 5.35. The first-order valence-electron chi connectivity index (χ1n) is 5.71. The van der Waals surface area contributed by atoms with Crippen molar-refractivity contribution in [2.24, 2.45) is 0 Å². The molecule has 0 aliphatic carbocycles. The summed E-state index contributed by atoms with van der Waals surface area (Å²) < 4.78 is 5.96. The Labute approximate surface area is 110 Å². The van der Waals surface area contributed by atoms with Crippen LogP contribution in [0.4, 0.5) is 0 Å². The normalized spacial score (nSPS) is 15.0. The van der Waals surface area contributed by atoms with E-state index >= 15 is 0 Å². The molecule has 5 heteroatoms. The standard InChI is InChI=1S/C12H19BrN2O2/c1-6-12(4,17-5)11-14-9(7(2)3)8(13)10(16)15-11/h7H,6H2,1-5H3,(H,14,15,16). The highest BCUT2D eigenvalue weighted by atomic mass is 79.9. The van der Waals surface area contributed by atoms with E-state index in [0.717, 1.165) is 12.1 Å². The zero-order chi connectivity index (χ0) is 13.2. The van der Waals surface area contributed by atoms with Crippen LogP contribution in [-0.2, 0) is 10.3 Å². The van der Waals surface area contributed by atoms with E-state index in [2.05, 4.69) is 25.9 Å². The van der Waals surface area contributed by atoms with Gasteiger partial charge in [0.05, 0.1) is 5.69 Å². The van der Waals surface area contributed by atoms with Gasteiger partial charge in [0.25, 0.3) is 5.56 Å². The van der Waals surface area contributed by atoms with Gasteiger partial charge in [-0.1, -0.05) is 20.8 Å². The number of aromatic amines is 1. The van der Waals surface area contributed by atoms with Crippen LogP contribution in [0.15, 0.2) is 9.27 Å². The lowest BCUT2D eigenvalue weighted by Gasteiger charge is -2.26. The third kappa shape index (κ3) is 2.77. The first-order valence-corrected chi connectivity index (χ1v) is 6.50. The van der Waals surface area contributed by atoms with Crippen molar-refractivity contribution in [1.82, 2.24) is 9.97 Å². The van der Waals surface area contributed by atoms with Gasteiger partial charge in [-0.25, -0.2) is 4.98 Å². The molecule has 0 aliphatic rings. The Morgan fingerprint density at radius 1 is 1.53 bits per heavy atom. The summed E-state index contributed by atoms with van der Waals surface area (Å²) in [6.45, 7) is 7.93. The van der Waals surface area contributed by atoms with E-state index in [4.69, 9.17) is 4.74 Å². The minimum absolute atomic E-state index is 0.157. The van der Waals surface area contributed by atoms with E-state index < -0.39 is 5.60 Å². The van der Waals surface area contributed by atoms with E-state index in [0.29, 0.717) is 10.3 Å². The molecule has 1 aromatic rings. The van der Waals surface area contributed by atoms with Gasteiger partial charge in [0.15, 0.2) is 0 Å². The lowest BCUT2D eigenvalue weighted by Crippen LogP contribution is -2.30. The maximum absolute atomic E-state index is 11.8. The number of H-pyrrole nitrogens is 1. The second kappa shape index (κ2) is 5.31. The third-order valence-corrected chi connectivity index (χ3v) is 3.83. The van der Waals surface area contributed by atoms with Crippen molar-refractivity contribution in [1.29, 1.82) is 0 Å². The fraction of sp³-hybridized carbons (Fsp3) is 0.667. The van der Waals surface area contributed by atoms with Crippen LogP contribution in [0.2, 0.25) is 0 Å². The Hall–Kier alpha value is -0.680. The largest absolute Gasteiger partial charge is 0.371 e. The Kier molecular flexibility index (Phi) is 4.49. The maximum Gasteiger partial charge on any atom is 0.265 e. The number of hydrogen-bond donors (Lipinski definition) is 1. The molecule has 0 bridgehead atoms. The molecular formula is C12H19BrN2O2. The zero-order valence-electron chi connectivity index (χ0n) is 10.9. The molecule has 1 unspecified atom stereocenters. The lowest BCUT2D eigenvalue weighted by molar-refractivity contribution is -0.00942. The van der Waals surface area contributed by atoms with Crippen molar-refractivity contribution in [2.45, 2.75) is 45.6 Å². The van der Waals surface area contributed by atoms with Crippen molar-refractivity contribution >= 4 is 15.9 Å². The Bertz CT molecular complexity index is 450. The molecule has 0 saturated carbocycles. The number of hydrogen-bond acceptors (Lipinski definition) is 3. The van der Waals surface area contributed by atoms with Crippen molar-refractivity contribution in [3.63, 3.8) is 0 Å². The van der Waals surface area contributed by atoms with Gasteiger partial charge in [-0.05, 0) is 35.2 Å². The molecule has 0 spiro atoms. The highest BCUT2D eigenvalue weighted by Crippen LogP contribution is 2.27. The van der Waals surface area contributed by atoms with Gasteiger partial charge in [0.1, 0.15) is 15.9 Å². The van der Waals surface area contributed by atoms with Crippen LogP contribution in [0.3, 0.4) is 0 Å². The summed E-state index contributed by atoms with van der Waals surface area (Å²) in [5.74, 6) is 0.766. The van der Waals surface area contributed by atoms with Crippen LogP contribution >= 0.6 is 15.9 Å². The highest BCUT2D eigenvalue weighted by Gasteiger charge is 2.28. The summed E-state index contributed by atoms with van der Waals surface area (Å²) in [4.78, 5) is 19.1. The van der Waals surface area contributed by atoms with Gasteiger partial charge in [0, 0.05) is 7.11 Å². The topological polar surface area (TPSA) is 55.0 Å². The summed E-state index contributed by atoms with van der Waals surface area (Å²) in [7, 11) is 1.63. The molecular weight excluding hydrogens is 284 g/mol. The maximum atomic E-state index is 11.8. The van der Waals surface area contributed by atoms with Crippen molar-refractivity contribution in [3.05, 3.63) is 26.3 Å². The number of rotatable bonds is 4. The smallest absolute Gasteiger partial charge is 0.265 e. The number of nitrogens with zero attached hydrogens (tertiary/aromatic N) is 1. The number of aromatic nitrogens is 2. The molecule has 0 aliphatic heterocycles. The summed E-state index contributed by atoms with van der Waals surface area (Å²) in [6.07, 6.45) is 0.742. The molecule has 17 heavy (non-hydrogen) atoms. The summed E-state index contributed by atoms with van der Waals surface area (Å²) in [5, 5.41) is 0. The fourth-order valence-corrected chi connectivity index (χ4v) is 2.16. The van der Waals surface area contributed by atoms with Crippen LogP contribution in [0.5, 0.6) is 0 Å². The first-order chi connectivity index (χ1) is 7.85. The minimum Gasteiger partial charge on any atom is -0.371 e. The summed E-state index contributed by atoms with van der Waals surface area (Å²) in [6, 6.07) is 0. The van der Waals surface area contributed by atoms with E-state index in [9.17, 15) is 4.79 Å². The van der Waals surface area contributed by atoms with Gasteiger partial charge in [-0.3, -0.25) is 4.79 Å². The van der Waals surface area contributed by atoms with Crippen molar-refractivity contribution < 1.29 is 4.74 Å². The molecule has 0 amide bonds. The zero-order valence-corrected chi connectivity index (χ0v) is 12.5. The molecule has 1 heterocycles. The average molecular weight is 303 g/mol. The van der Waals surface area contributed by atoms with Crippen molar-refractivity contribution in [3.8, 4) is 0 Å². The quantitative estimate of drug-likeness (QED) is 0.930.